The molecule has 0 radical (unpaired) electrons. The van der Waals surface area contributed by atoms with Gasteiger partial charge in [0.15, 0.2) is 0 Å². The average molecular weight is 291 g/mol. The Bertz CT molecular complexity index is 563. The molecule has 1 aliphatic rings. The Labute approximate surface area is 124 Å². The van der Waals surface area contributed by atoms with Crippen molar-refractivity contribution in [3.63, 3.8) is 0 Å². The Balaban J connectivity index is 2.11. The lowest BCUT2D eigenvalue weighted by Crippen LogP contribution is -2.51. The molecule has 1 N–H and O–H groups in total. The van der Waals surface area contributed by atoms with Gasteiger partial charge in [0.1, 0.15) is 0 Å². The molecule has 1 aromatic carbocycles. The zero-order chi connectivity index (χ0) is 15.6. The van der Waals surface area contributed by atoms with Gasteiger partial charge in [0.25, 0.3) is 11.6 Å². The third-order valence-electron chi connectivity index (χ3n) is 4.40. The number of nitro benzene ring substituents is 1. The summed E-state index contributed by atoms with van der Waals surface area (Å²) in [4.78, 5) is 24.7. The first-order chi connectivity index (χ1) is 9.86. The molecule has 0 aliphatic carbocycles. The monoisotopic (exact) mass is 291 g/mol. The fourth-order valence-corrected chi connectivity index (χ4v) is 2.63. The zero-order valence-electron chi connectivity index (χ0n) is 12.7. The first kappa shape index (κ1) is 15.4. The quantitative estimate of drug-likeness (QED) is 0.683. The van der Waals surface area contributed by atoms with E-state index < -0.39 is 4.92 Å². The number of amides is 1. The SMILES string of the molecule is CNC1(C)CCN(C(=O)c2ccc([N+](=O)[O-])c(C)c2)CC1. The molecule has 6 heteroatoms. The minimum atomic E-state index is -0.428. The van der Waals surface area contributed by atoms with Crippen LogP contribution in [0.1, 0.15) is 35.7 Å². The molecule has 1 amide bonds. The lowest BCUT2D eigenvalue weighted by atomic mass is 9.89. The Kier molecular flexibility index (Phi) is 4.27. The van der Waals surface area contributed by atoms with Crippen LogP contribution in [-0.4, -0.2) is 41.4 Å². The third-order valence-corrected chi connectivity index (χ3v) is 4.40. The highest BCUT2D eigenvalue weighted by atomic mass is 16.6. The van der Waals surface area contributed by atoms with Gasteiger partial charge in [-0.1, -0.05) is 0 Å². The van der Waals surface area contributed by atoms with Crippen molar-refractivity contribution >= 4 is 11.6 Å². The van der Waals surface area contributed by atoms with Gasteiger partial charge in [-0.05, 0) is 45.9 Å². The van der Waals surface area contributed by atoms with Gasteiger partial charge in [0, 0.05) is 35.8 Å². The first-order valence-electron chi connectivity index (χ1n) is 7.09. The Morgan fingerprint density at radius 2 is 2.00 bits per heavy atom. The second kappa shape index (κ2) is 5.81. The number of hydrogen-bond acceptors (Lipinski definition) is 4. The summed E-state index contributed by atoms with van der Waals surface area (Å²) in [5, 5.41) is 14.1. The van der Waals surface area contributed by atoms with Crippen molar-refractivity contribution in [1.29, 1.82) is 0 Å². The fraction of sp³-hybridized carbons (Fsp3) is 0.533. The fourth-order valence-electron chi connectivity index (χ4n) is 2.63. The number of nitro groups is 1. The molecular weight excluding hydrogens is 270 g/mol. The largest absolute Gasteiger partial charge is 0.339 e. The molecule has 1 heterocycles. The predicted octanol–water partition coefficient (Wildman–Crippen LogP) is 2.12. The number of benzene rings is 1. The van der Waals surface area contributed by atoms with Crippen LogP contribution in [0, 0.1) is 17.0 Å². The molecule has 6 nitrogen and oxygen atoms in total. The molecule has 0 unspecified atom stereocenters. The molecule has 1 saturated heterocycles. The number of carbonyl (C=O) groups is 1. The van der Waals surface area contributed by atoms with Crippen LogP contribution in [0.15, 0.2) is 18.2 Å². The lowest BCUT2D eigenvalue weighted by molar-refractivity contribution is -0.385. The minimum Gasteiger partial charge on any atom is -0.339 e. The van der Waals surface area contributed by atoms with E-state index in [-0.39, 0.29) is 17.1 Å². The van der Waals surface area contributed by atoms with Crippen molar-refractivity contribution < 1.29 is 9.72 Å². The van der Waals surface area contributed by atoms with E-state index in [1.54, 1.807) is 19.1 Å². The van der Waals surface area contributed by atoms with Crippen molar-refractivity contribution in [2.45, 2.75) is 32.2 Å². The Hall–Kier alpha value is -1.95. The van der Waals surface area contributed by atoms with Crippen molar-refractivity contribution in [2.24, 2.45) is 0 Å². The number of nitrogens with one attached hydrogen (secondary N) is 1. The molecule has 0 aromatic heterocycles. The summed E-state index contributed by atoms with van der Waals surface area (Å²) in [6.45, 7) is 5.21. The normalized spacial score (nSPS) is 17.6. The molecule has 114 valence electrons. The highest BCUT2D eigenvalue weighted by Crippen LogP contribution is 2.24. The summed E-state index contributed by atoms with van der Waals surface area (Å²) >= 11 is 0. The van der Waals surface area contributed by atoms with Crippen LogP contribution in [0.25, 0.3) is 0 Å². The topological polar surface area (TPSA) is 75.5 Å². The Morgan fingerprint density at radius 1 is 1.38 bits per heavy atom. The second-order valence-corrected chi connectivity index (χ2v) is 5.86. The van der Waals surface area contributed by atoms with E-state index in [1.165, 1.54) is 6.07 Å². The van der Waals surface area contributed by atoms with Gasteiger partial charge in [-0.25, -0.2) is 0 Å². The van der Waals surface area contributed by atoms with Crippen molar-refractivity contribution in [3.8, 4) is 0 Å². The highest BCUT2D eigenvalue weighted by Gasteiger charge is 2.30. The van der Waals surface area contributed by atoms with Gasteiger partial charge >= 0.3 is 0 Å². The van der Waals surface area contributed by atoms with Gasteiger partial charge in [0.2, 0.25) is 0 Å². The van der Waals surface area contributed by atoms with Crippen LogP contribution in [0.2, 0.25) is 0 Å². The molecule has 0 spiro atoms. The number of hydrogen-bond donors (Lipinski definition) is 1. The van der Waals surface area contributed by atoms with Crippen LogP contribution in [0.5, 0.6) is 0 Å². The number of piperidine rings is 1. The van der Waals surface area contributed by atoms with Gasteiger partial charge in [0.05, 0.1) is 4.92 Å². The molecule has 1 aromatic rings. The molecule has 0 saturated carbocycles. The summed E-state index contributed by atoms with van der Waals surface area (Å²) in [7, 11) is 1.94. The standard InChI is InChI=1S/C15H21N3O3/c1-11-10-12(4-5-13(11)18(20)21)14(19)17-8-6-15(2,16-3)7-9-17/h4-5,10,16H,6-9H2,1-3H3. The first-order valence-corrected chi connectivity index (χ1v) is 7.09. The van der Waals surface area contributed by atoms with E-state index in [0.717, 1.165) is 12.8 Å². The van der Waals surface area contributed by atoms with Crippen molar-refractivity contribution in [1.82, 2.24) is 10.2 Å². The van der Waals surface area contributed by atoms with Crippen LogP contribution in [0.3, 0.4) is 0 Å². The van der Waals surface area contributed by atoms with E-state index in [1.807, 2.05) is 11.9 Å². The van der Waals surface area contributed by atoms with Gasteiger partial charge in [-0.15, -0.1) is 0 Å². The zero-order valence-corrected chi connectivity index (χ0v) is 12.7. The summed E-state index contributed by atoms with van der Waals surface area (Å²) in [5.41, 5.74) is 1.17. The molecular formula is C15H21N3O3. The van der Waals surface area contributed by atoms with Gasteiger partial charge in [-0.2, -0.15) is 0 Å². The van der Waals surface area contributed by atoms with Crippen molar-refractivity contribution in [2.75, 3.05) is 20.1 Å². The minimum absolute atomic E-state index is 0.0490. The van der Waals surface area contributed by atoms with E-state index in [4.69, 9.17) is 0 Å². The smallest absolute Gasteiger partial charge is 0.272 e. The molecule has 0 bridgehead atoms. The van der Waals surface area contributed by atoms with Crippen molar-refractivity contribution in [3.05, 3.63) is 39.4 Å². The van der Waals surface area contributed by atoms with Gasteiger partial charge < -0.3 is 10.2 Å². The number of rotatable bonds is 3. The van der Waals surface area contributed by atoms with Gasteiger partial charge in [-0.3, -0.25) is 14.9 Å². The van der Waals surface area contributed by atoms with Crippen LogP contribution in [0.4, 0.5) is 5.69 Å². The van der Waals surface area contributed by atoms with Crippen LogP contribution >= 0.6 is 0 Å². The van der Waals surface area contributed by atoms with E-state index in [0.29, 0.717) is 24.2 Å². The van der Waals surface area contributed by atoms with Crippen LogP contribution < -0.4 is 5.32 Å². The van der Waals surface area contributed by atoms with E-state index in [2.05, 4.69) is 12.2 Å². The maximum absolute atomic E-state index is 12.5. The average Bonchev–Trinajstić information content (AvgIpc) is 2.47. The second-order valence-electron chi connectivity index (χ2n) is 5.86. The maximum Gasteiger partial charge on any atom is 0.272 e. The van der Waals surface area contributed by atoms with E-state index in [9.17, 15) is 14.9 Å². The van der Waals surface area contributed by atoms with E-state index >= 15 is 0 Å². The summed E-state index contributed by atoms with van der Waals surface area (Å²) < 4.78 is 0. The molecule has 1 fully saturated rings. The number of nitrogens with zero attached hydrogens (tertiary/aromatic N) is 2. The molecule has 1 aliphatic heterocycles. The maximum atomic E-state index is 12.5. The molecule has 0 atom stereocenters. The van der Waals surface area contributed by atoms with Crippen LogP contribution in [-0.2, 0) is 0 Å². The summed E-state index contributed by atoms with van der Waals surface area (Å²) in [6.07, 6.45) is 1.81. The summed E-state index contributed by atoms with van der Waals surface area (Å²) in [6, 6.07) is 4.55. The third kappa shape index (κ3) is 3.21. The number of aryl methyl sites for hydroxylation is 1. The Morgan fingerprint density at radius 3 is 2.48 bits per heavy atom. The number of likely N-dealkylation sites (tertiary alicyclic amines) is 1. The predicted molar refractivity (Wildman–Crippen MR) is 80.4 cm³/mol. The summed E-state index contributed by atoms with van der Waals surface area (Å²) in [5.74, 6) is -0.0499. The lowest BCUT2D eigenvalue weighted by Gasteiger charge is -2.39. The highest BCUT2D eigenvalue weighted by molar-refractivity contribution is 5.94. The number of carbonyl (C=O) groups excluding carboxylic acids is 1. The molecule has 2 rings (SSSR count). The molecule has 21 heavy (non-hydrogen) atoms.